The van der Waals surface area contributed by atoms with Gasteiger partial charge < -0.3 is 20.3 Å². The minimum Gasteiger partial charge on any atom is -0.406 e. The molecule has 0 bridgehead atoms. The van der Waals surface area contributed by atoms with E-state index >= 15 is 0 Å². The molecule has 0 saturated carbocycles. The van der Waals surface area contributed by atoms with E-state index in [1.165, 1.54) is 35.6 Å². The number of aromatic nitrogens is 1. The van der Waals surface area contributed by atoms with Gasteiger partial charge in [-0.25, -0.2) is 4.98 Å². The number of carbonyl (C=O) groups is 1. The lowest BCUT2D eigenvalue weighted by atomic mass is 10.1. The number of hydrogen-bond acceptors (Lipinski definition) is 6. The maximum absolute atomic E-state index is 12.6. The van der Waals surface area contributed by atoms with Gasteiger partial charge in [-0.05, 0) is 68.8 Å². The molecule has 6 nitrogen and oxygen atoms in total. The van der Waals surface area contributed by atoms with Crippen LogP contribution in [-0.2, 0) is 0 Å². The molecule has 1 aromatic heterocycles. The molecule has 1 heterocycles. The van der Waals surface area contributed by atoms with Gasteiger partial charge in [-0.15, -0.1) is 24.5 Å². The lowest BCUT2D eigenvalue weighted by molar-refractivity contribution is -0.274. The summed E-state index contributed by atoms with van der Waals surface area (Å²) in [5.41, 5.74) is 3.49. The number of anilines is 4. The monoisotopic (exact) mass is 464 g/mol. The van der Waals surface area contributed by atoms with Crippen molar-refractivity contribution in [3.8, 4) is 5.75 Å². The Kier molecular flexibility index (Phi) is 7.24. The highest BCUT2D eigenvalue weighted by molar-refractivity contribution is 7.14. The first-order chi connectivity index (χ1) is 15.2. The number of halogens is 3. The third-order valence-electron chi connectivity index (χ3n) is 4.66. The molecule has 2 aromatic carbocycles. The van der Waals surface area contributed by atoms with Crippen LogP contribution < -0.4 is 20.3 Å². The van der Waals surface area contributed by atoms with Gasteiger partial charge in [0.1, 0.15) is 11.4 Å². The molecule has 0 aliphatic carbocycles. The predicted molar refractivity (Wildman–Crippen MR) is 121 cm³/mol. The highest BCUT2D eigenvalue weighted by atomic mass is 32.1. The van der Waals surface area contributed by atoms with Crippen LogP contribution in [0.25, 0.3) is 0 Å². The normalized spacial score (nSPS) is 11.2. The number of rotatable bonds is 8. The Morgan fingerprint density at radius 2 is 1.81 bits per heavy atom. The van der Waals surface area contributed by atoms with E-state index in [9.17, 15) is 18.0 Å². The first-order valence-corrected chi connectivity index (χ1v) is 10.8. The molecule has 0 radical (unpaired) electrons. The predicted octanol–water partition coefficient (Wildman–Crippen LogP) is 6.19. The second kappa shape index (κ2) is 9.90. The second-order valence-electron chi connectivity index (χ2n) is 6.86. The molecule has 32 heavy (non-hydrogen) atoms. The number of aryl methyl sites for hydroxylation is 1. The Balaban J connectivity index is 1.63. The van der Waals surface area contributed by atoms with Crippen LogP contribution in [0.2, 0.25) is 0 Å². The Hall–Kier alpha value is -3.27. The van der Waals surface area contributed by atoms with Crippen LogP contribution in [-0.4, -0.2) is 30.3 Å². The van der Waals surface area contributed by atoms with Crippen LogP contribution in [0.1, 0.15) is 29.9 Å². The van der Waals surface area contributed by atoms with Gasteiger partial charge in [0.25, 0.3) is 5.91 Å². The van der Waals surface area contributed by atoms with E-state index in [-0.39, 0.29) is 17.4 Å². The number of thiazole rings is 1. The lowest BCUT2D eigenvalue weighted by Gasteiger charge is -2.22. The first-order valence-electron chi connectivity index (χ1n) is 9.93. The Bertz CT molecular complexity index is 1060. The van der Waals surface area contributed by atoms with Gasteiger partial charge in [-0.1, -0.05) is 0 Å². The van der Waals surface area contributed by atoms with Crippen LogP contribution in [0.15, 0.2) is 47.8 Å². The molecule has 0 saturated heterocycles. The fourth-order valence-corrected chi connectivity index (χ4v) is 3.77. The molecule has 3 aromatic rings. The van der Waals surface area contributed by atoms with Gasteiger partial charge in [0.15, 0.2) is 5.13 Å². The summed E-state index contributed by atoms with van der Waals surface area (Å²) in [5, 5.41) is 7.88. The van der Waals surface area contributed by atoms with E-state index in [1.54, 1.807) is 5.38 Å². The third-order valence-corrected chi connectivity index (χ3v) is 5.42. The molecule has 0 unspecified atom stereocenters. The summed E-state index contributed by atoms with van der Waals surface area (Å²) in [5.74, 6) is -0.661. The Morgan fingerprint density at radius 3 is 2.41 bits per heavy atom. The zero-order valence-corrected chi connectivity index (χ0v) is 18.6. The van der Waals surface area contributed by atoms with Crippen LogP contribution >= 0.6 is 11.3 Å². The average Bonchev–Trinajstić information content (AvgIpc) is 3.20. The van der Waals surface area contributed by atoms with Crippen LogP contribution in [0.3, 0.4) is 0 Å². The summed E-state index contributed by atoms with van der Waals surface area (Å²) in [6.07, 6.45) is -4.74. The number of benzene rings is 2. The number of alkyl halides is 3. The van der Waals surface area contributed by atoms with Gasteiger partial charge in [0, 0.05) is 35.5 Å². The van der Waals surface area contributed by atoms with Crippen molar-refractivity contribution in [3.63, 3.8) is 0 Å². The Labute approximate surface area is 188 Å². The van der Waals surface area contributed by atoms with E-state index in [4.69, 9.17) is 0 Å². The fraction of sp³-hybridized carbons (Fsp3) is 0.273. The molecular formula is C22H23F3N4O2S. The summed E-state index contributed by atoms with van der Waals surface area (Å²) in [6.45, 7) is 7.91. The van der Waals surface area contributed by atoms with E-state index in [0.29, 0.717) is 16.5 Å². The van der Waals surface area contributed by atoms with Crippen molar-refractivity contribution in [2.75, 3.05) is 28.6 Å². The van der Waals surface area contributed by atoms with Crippen LogP contribution in [0.4, 0.5) is 35.4 Å². The van der Waals surface area contributed by atoms with Crippen LogP contribution in [0.5, 0.6) is 5.75 Å². The summed E-state index contributed by atoms with van der Waals surface area (Å²) in [4.78, 5) is 19.1. The SMILES string of the molecule is CCN(CC)c1ccc(NC(=O)c2csc(Nc3ccc(OC(F)(F)F)cc3)n2)c(C)c1. The van der Waals surface area contributed by atoms with Crippen molar-refractivity contribution in [1.82, 2.24) is 4.98 Å². The topological polar surface area (TPSA) is 66.5 Å². The first kappa shape index (κ1) is 23.4. The zero-order chi connectivity index (χ0) is 23.3. The standard InChI is InChI=1S/C22H23F3N4O2S/c1-4-29(5-2)16-8-11-18(14(3)12-16)27-20(30)19-13-32-21(28-19)26-15-6-9-17(10-7-15)31-22(23,24)25/h6-13H,4-5H2,1-3H3,(H,26,28)(H,27,30). The summed E-state index contributed by atoms with van der Waals surface area (Å²) < 4.78 is 40.6. The van der Waals surface area contributed by atoms with E-state index < -0.39 is 6.36 Å². The van der Waals surface area contributed by atoms with E-state index in [1.807, 2.05) is 25.1 Å². The molecule has 0 aliphatic rings. The highest BCUT2D eigenvalue weighted by Gasteiger charge is 2.30. The molecule has 0 fully saturated rings. The summed E-state index contributed by atoms with van der Waals surface area (Å²) in [7, 11) is 0. The van der Waals surface area contributed by atoms with Crippen molar-refractivity contribution in [2.45, 2.75) is 27.1 Å². The molecule has 1 amide bonds. The van der Waals surface area contributed by atoms with Crippen LogP contribution in [0, 0.1) is 6.92 Å². The Morgan fingerprint density at radius 1 is 1.12 bits per heavy atom. The van der Waals surface area contributed by atoms with Crippen molar-refractivity contribution < 1.29 is 22.7 Å². The molecular weight excluding hydrogens is 441 g/mol. The fourth-order valence-electron chi connectivity index (χ4n) is 3.06. The number of ether oxygens (including phenoxy) is 1. The molecule has 3 rings (SSSR count). The maximum atomic E-state index is 12.6. The maximum Gasteiger partial charge on any atom is 0.573 e. The van der Waals surface area contributed by atoms with E-state index in [0.717, 1.165) is 24.3 Å². The number of nitrogens with one attached hydrogen (secondary N) is 2. The summed E-state index contributed by atoms with van der Waals surface area (Å²) >= 11 is 1.21. The smallest absolute Gasteiger partial charge is 0.406 e. The number of carbonyl (C=O) groups excluding carboxylic acids is 1. The number of nitrogens with zero attached hydrogens (tertiary/aromatic N) is 2. The van der Waals surface area contributed by atoms with Gasteiger partial charge >= 0.3 is 6.36 Å². The second-order valence-corrected chi connectivity index (χ2v) is 7.72. The summed E-state index contributed by atoms with van der Waals surface area (Å²) in [6, 6.07) is 11.1. The molecule has 10 heteroatoms. The zero-order valence-electron chi connectivity index (χ0n) is 17.8. The highest BCUT2D eigenvalue weighted by Crippen LogP contribution is 2.27. The molecule has 170 valence electrons. The molecule has 0 atom stereocenters. The van der Waals surface area contributed by atoms with Gasteiger partial charge in [0.2, 0.25) is 0 Å². The van der Waals surface area contributed by atoms with Crippen molar-refractivity contribution in [2.24, 2.45) is 0 Å². The number of amides is 1. The largest absolute Gasteiger partial charge is 0.573 e. The van der Waals surface area contributed by atoms with Crippen molar-refractivity contribution in [3.05, 3.63) is 59.1 Å². The van der Waals surface area contributed by atoms with E-state index in [2.05, 4.69) is 39.1 Å². The van der Waals surface area contributed by atoms with Gasteiger partial charge in [0.05, 0.1) is 0 Å². The lowest BCUT2D eigenvalue weighted by Crippen LogP contribution is -2.22. The average molecular weight is 465 g/mol. The minimum atomic E-state index is -4.74. The third kappa shape index (κ3) is 6.13. The van der Waals surface area contributed by atoms with Gasteiger partial charge in [-0.3, -0.25) is 4.79 Å². The van der Waals surface area contributed by atoms with Gasteiger partial charge in [-0.2, -0.15) is 0 Å². The number of hydrogen-bond donors (Lipinski definition) is 2. The molecule has 0 spiro atoms. The van der Waals surface area contributed by atoms with Crippen molar-refractivity contribution in [1.29, 1.82) is 0 Å². The quantitative estimate of drug-likeness (QED) is 0.416. The minimum absolute atomic E-state index is 0.238. The molecule has 0 aliphatic heterocycles. The van der Waals surface area contributed by atoms with Crippen molar-refractivity contribution >= 4 is 39.4 Å². The molecule has 2 N–H and O–H groups in total.